The Hall–Kier alpha value is -2.50. The third kappa shape index (κ3) is 1.50. The summed E-state index contributed by atoms with van der Waals surface area (Å²) in [5.41, 5.74) is 2.06. The van der Waals surface area contributed by atoms with Crippen LogP contribution in [-0.4, -0.2) is 25.6 Å². The molecule has 0 radical (unpaired) electrons. The summed E-state index contributed by atoms with van der Waals surface area (Å²) in [5, 5.41) is 14.3. The van der Waals surface area contributed by atoms with Crippen molar-refractivity contribution in [2.45, 2.75) is 6.92 Å². The van der Waals surface area contributed by atoms with E-state index in [4.69, 9.17) is 0 Å². The predicted octanol–water partition coefficient (Wildman–Crippen LogP) is 1.02. The van der Waals surface area contributed by atoms with Crippen LogP contribution in [0.3, 0.4) is 0 Å². The van der Waals surface area contributed by atoms with Crippen LogP contribution in [0.2, 0.25) is 0 Å². The SMILES string of the molecule is Cc1cccc2cc(-c3nn[nH]n3)c(=O)[nH]c12. The molecule has 3 rings (SSSR count). The summed E-state index contributed by atoms with van der Waals surface area (Å²) in [7, 11) is 0. The molecule has 84 valence electrons. The number of aryl methyl sites for hydroxylation is 1. The molecule has 17 heavy (non-hydrogen) atoms. The first-order valence-corrected chi connectivity index (χ1v) is 5.12. The van der Waals surface area contributed by atoms with Crippen molar-refractivity contribution in [2.75, 3.05) is 0 Å². The summed E-state index contributed by atoms with van der Waals surface area (Å²) >= 11 is 0. The first kappa shape index (κ1) is 9.71. The summed E-state index contributed by atoms with van der Waals surface area (Å²) in [5.74, 6) is 0.301. The van der Waals surface area contributed by atoms with E-state index in [9.17, 15) is 4.79 Å². The molecule has 0 fully saturated rings. The molecular formula is C11H9N5O. The molecule has 6 nitrogen and oxygen atoms in total. The van der Waals surface area contributed by atoms with E-state index >= 15 is 0 Å². The maximum absolute atomic E-state index is 11.9. The maximum Gasteiger partial charge on any atom is 0.259 e. The second kappa shape index (κ2) is 3.51. The van der Waals surface area contributed by atoms with Gasteiger partial charge in [0, 0.05) is 0 Å². The van der Waals surface area contributed by atoms with E-state index in [1.165, 1.54) is 0 Å². The molecule has 2 N–H and O–H groups in total. The number of aromatic nitrogens is 5. The molecule has 1 aromatic carbocycles. The molecule has 0 bridgehead atoms. The number of tetrazole rings is 1. The summed E-state index contributed by atoms with van der Waals surface area (Å²) < 4.78 is 0. The fraction of sp³-hybridized carbons (Fsp3) is 0.0909. The molecule has 0 aliphatic carbocycles. The fourth-order valence-corrected chi connectivity index (χ4v) is 1.83. The monoisotopic (exact) mass is 227 g/mol. The number of hydrogen-bond donors (Lipinski definition) is 2. The zero-order valence-corrected chi connectivity index (χ0v) is 9.06. The normalized spacial score (nSPS) is 10.9. The molecule has 0 amide bonds. The van der Waals surface area contributed by atoms with Gasteiger partial charge in [-0.1, -0.05) is 18.2 Å². The number of para-hydroxylation sites is 1. The van der Waals surface area contributed by atoms with Crippen molar-refractivity contribution < 1.29 is 0 Å². The van der Waals surface area contributed by atoms with Crippen LogP contribution >= 0.6 is 0 Å². The van der Waals surface area contributed by atoms with Gasteiger partial charge in [-0.2, -0.15) is 5.21 Å². The van der Waals surface area contributed by atoms with E-state index in [1.807, 2.05) is 25.1 Å². The Kier molecular flexibility index (Phi) is 2.01. The quantitative estimate of drug-likeness (QED) is 0.649. The number of nitrogens with zero attached hydrogens (tertiary/aromatic N) is 3. The standard InChI is InChI=1S/C11H9N5O/c1-6-3-2-4-7-5-8(10-13-15-16-14-10)11(17)12-9(6)7/h2-5H,1H3,(H,12,17)(H,13,14,15,16). The molecule has 0 spiro atoms. The lowest BCUT2D eigenvalue weighted by molar-refractivity contribution is 0.881. The zero-order valence-electron chi connectivity index (χ0n) is 9.06. The summed E-state index contributed by atoms with van der Waals surface area (Å²) in [6, 6.07) is 7.59. The smallest absolute Gasteiger partial charge is 0.259 e. The van der Waals surface area contributed by atoms with Crippen LogP contribution < -0.4 is 5.56 Å². The Morgan fingerprint density at radius 3 is 2.94 bits per heavy atom. The van der Waals surface area contributed by atoms with E-state index in [0.717, 1.165) is 16.5 Å². The van der Waals surface area contributed by atoms with Crippen molar-refractivity contribution in [2.24, 2.45) is 0 Å². The van der Waals surface area contributed by atoms with Crippen LogP contribution in [0.5, 0.6) is 0 Å². The summed E-state index contributed by atoms with van der Waals surface area (Å²) in [6.07, 6.45) is 0. The number of benzene rings is 1. The number of pyridine rings is 1. The van der Waals surface area contributed by atoms with E-state index in [2.05, 4.69) is 25.6 Å². The van der Waals surface area contributed by atoms with Crippen molar-refractivity contribution in [3.63, 3.8) is 0 Å². The second-order valence-electron chi connectivity index (χ2n) is 3.79. The zero-order chi connectivity index (χ0) is 11.8. The van der Waals surface area contributed by atoms with Gasteiger partial charge in [0.1, 0.15) is 0 Å². The van der Waals surface area contributed by atoms with Gasteiger partial charge < -0.3 is 4.98 Å². The molecule has 0 atom stereocenters. The number of rotatable bonds is 1. The molecule has 3 aromatic rings. The molecule has 0 aliphatic rings. The number of hydrogen-bond acceptors (Lipinski definition) is 4. The second-order valence-corrected chi connectivity index (χ2v) is 3.79. The Labute approximate surface area is 95.7 Å². The molecule has 0 aliphatic heterocycles. The molecule has 0 saturated carbocycles. The van der Waals surface area contributed by atoms with Crippen LogP contribution in [0, 0.1) is 6.92 Å². The molecule has 6 heteroatoms. The molecule has 2 heterocycles. The largest absolute Gasteiger partial charge is 0.321 e. The lowest BCUT2D eigenvalue weighted by Gasteiger charge is -2.02. The number of H-pyrrole nitrogens is 2. The van der Waals surface area contributed by atoms with E-state index in [1.54, 1.807) is 6.07 Å². The van der Waals surface area contributed by atoms with Gasteiger partial charge in [0.2, 0.25) is 5.82 Å². The predicted molar refractivity (Wildman–Crippen MR) is 62.5 cm³/mol. The highest BCUT2D eigenvalue weighted by Crippen LogP contribution is 2.18. The highest BCUT2D eigenvalue weighted by atomic mass is 16.1. The van der Waals surface area contributed by atoms with Gasteiger partial charge in [-0.3, -0.25) is 4.79 Å². The highest BCUT2D eigenvalue weighted by molar-refractivity contribution is 5.84. The average Bonchev–Trinajstić information content (AvgIpc) is 2.83. The minimum Gasteiger partial charge on any atom is -0.321 e. The van der Waals surface area contributed by atoms with Crippen LogP contribution in [-0.2, 0) is 0 Å². The Morgan fingerprint density at radius 1 is 1.29 bits per heavy atom. The van der Waals surface area contributed by atoms with Gasteiger partial charge in [0.15, 0.2) is 0 Å². The summed E-state index contributed by atoms with van der Waals surface area (Å²) in [6.45, 7) is 1.95. The van der Waals surface area contributed by atoms with Gasteiger partial charge in [-0.25, -0.2) is 0 Å². The maximum atomic E-state index is 11.9. The molecule has 0 saturated heterocycles. The first-order valence-electron chi connectivity index (χ1n) is 5.12. The lowest BCUT2D eigenvalue weighted by Crippen LogP contribution is -2.10. The molecule has 2 aromatic heterocycles. The third-order valence-electron chi connectivity index (χ3n) is 2.67. The van der Waals surface area contributed by atoms with Gasteiger partial charge >= 0.3 is 0 Å². The van der Waals surface area contributed by atoms with Gasteiger partial charge in [0.25, 0.3) is 5.56 Å². The lowest BCUT2D eigenvalue weighted by atomic mass is 10.1. The van der Waals surface area contributed by atoms with Crippen LogP contribution in [0.1, 0.15) is 5.56 Å². The van der Waals surface area contributed by atoms with Crippen molar-refractivity contribution in [3.05, 3.63) is 40.2 Å². The van der Waals surface area contributed by atoms with Crippen LogP contribution in [0.4, 0.5) is 0 Å². The molecular weight excluding hydrogens is 218 g/mol. The van der Waals surface area contributed by atoms with Gasteiger partial charge in [-0.05, 0) is 29.2 Å². The Balaban J connectivity index is 2.36. The van der Waals surface area contributed by atoms with Crippen molar-refractivity contribution >= 4 is 10.9 Å². The highest BCUT2D eigenvalue weighted by Gasteiger charge is 2.09. The third-order valence-corrected chi connectivity index (χ3v) is 2.67. The number of fused-ring (bicyclic) bond motifs is 1. The average molecular weight is 227 g/mol. The minimum absolute atomic E-state index is 0.215. The van der Waals surface area contributed by atoms with Crippen molar-refractivity contribution in [1.82, 2.24) is 25.6 Å². The van der Waals surface area contributed by atoms with Crippen molar-refractivity contribution in [1.29, 1.82) is 0 Å². The number of aromatic amines is 2. The van der Waals surface area contributed by atoms with Crippen molar-refractivity contribution in [3.8, 4) is 11.4 Å². The van der Waals surface area contributed by atoms with Crippen LogP contribution in [0.25, 0.3) is 22.3 Å². The summed E-state index contributed by atoms with van der Waals surface area (Å²) in [4.78, 5) is 14.7. The van der Waals surface area contributed by atoms with Crippen LogP contribution in [0.15, 0.2) is 29.1 Å². The van der Waals surface area contributed by atoms with E-state index in [-0.39, 0.29) is 5.56 Å². The fourth-order valence-electron chi connectivity index (χ4n) is 1.83. The minimum atomic E-state index is -0.215. The Bertz CT molecular complexity index is 729. The first-order chi connectivity index (χ1) is 8.25. The Morgan fingerprint density at radius 2 is 2.18 bits per heavy atom. The van der Waals surface area contributed by atoms with E-state index in [0.29, 0.717) is 11.4 Å². The topological polar surface area (TPSA) is 87.3 Å². The van der Waals surface area contributed by atoms with Gasteiger partial charge in [0.05, 0.1) is 11.1 Å². The van der Waals surface area contributed by atoms with E-state index < -0.39 is 0 Å². The number of nitrogens with one attached hydrogen (secondary N) is 2. The van der Waals surface area contributed by atoms with Gasteiger partial charge in [-0.15, -0.1) is 10.2 Å². The molecule has 0 unspecified atom stereocenters.